The van der Waals surface area contributed by atoms with Crippen LogP contribution in [0.25, 0.3) is 5.57 Å². The van der Waals surface area contributed by atoms with Gasteiger partial charge in [0.2, 0.25) is 0 Å². The van der Waals surface area contributed by atoms with Crippen LogP contribution in [0.3, 0.4) is 0 Å². The van der Waals surface area contributed by atoms with Crippen LogP contribution in [0.1, 0.15) is 35.7 Å². The zero-order chi connectivity index (χ0) is 18.1. The maximum atomic E-state index is 12.6. The molecule has 2 heterocycles. The van der Waals surface area contributed by atoms with E-state index in [0.717, 1.165) is 29.6 Å². The summed E-state index contributed by atoms with van der Waals surface area (Å²) in [6.07, 6.45) is 11.4. The van der Waals surface area contributed by atoms with E-state index in [0.29, 0.717) is 18.2 Å². The summed E-state index contributed by atoms with van der Waals surface area (Å²) in [5.41, 5.74) is 3.40. The molecule has 2 aliphatic heterocycles. The van der Waals surface area contributed by atoms with Gasteiger partial charge in [0.25, 0.3) is 11.8 Å². The highest BCUT2D eigenvalue weighted by Crippen LogP contribution is 2.34. The van der Waals surface area contributed by atoms with Crippen LogP contribution in [0.15, 0.2) is 59.3 Å². The molecule has 1 N–H and O–H groups in total. The topological polar surface area (TPSA) is 61.8 Å². The van der Waals surface area contributed by atoms with Gasteiger partial charge < -0.3 is 10.2 Å². The van der Waals surface area contributed by atoms with Gasteiger partial charge in [0.15, 0.2) is 6.04 Å². The molecule has 0 radical (unpaired) electrons. The number of hydrogen-bond donors (Lipinski definition) is 1. The molecule has 0 bridgehead atoms. The van der Waals surface area contributed by atoms with Crippen LogP contribution in [0.2, 0.25) is 0 Å². The number of rotatable bonds is 5. The number of carbonyl (C=O) groups is 2. The highest BCUT2D eigenvalue weighted by atomic mass is 16.2. The maximum Gasteiger partial charge on any atom is 0.256 e. The smallest absolute Gasteiger partial charge is 0.256 e. The molecule has 5 heteroatoms. The van der Waals surface area contributed by atoms with Gasteiger partial charge in [-0.1, -0.05) is 24.3 Å². The lowest BCUT2D eigenvalue weighted by Gasteiger charge is -2.29. The standard InChI is InChI=1S/C21H21N3O2/c1-2-3-11-24-13-18(17-9-10-22-19(17)21(24)26)14-5-4-6-15(12-14)20(25)23-16-7-8-16/h2-6,9-10,12-13,16,19H,7-8,11H2,1H3,(H,23,25). The second-order valence-electron chi connectivity index (χ2n) is 6.75. The molecule has 3 aliphatic rings. The van der Waals surface area contributed by atoms with Crippen molar-refractivity contribution in [1.29, 1.82) is 0 Å². The van der Waals surface area contributed by atoms with Crippen LogP contribution in [-0.2, 0) is 4.79 Å². The molecule has 5 nitrogen and oxygen atoms in total. The molecular weight excluding hydrogens is 326 g/mol. The molecule has 0 spiro atoms. The van der Waals surface area contributed by atoms with E-state index >= 15 is 0 Å². The third kappa shape index (κ3) is 3.12. The summed E-state index contributed by atoms with van der Waals surface area (Å²) in [7, 11) is 0. The number of amides is 2. The number of hydrogen-bond acceptors (Lipinski definition) is 3. The van der Waals surface area contributed by atoms with Gasteiger partial charge in [-0.25, -0.2) is 0 Å². The number of benzene rings is 1. The van der Waals surface area contributed by atoms with Crippen LogP contribution in [0, 0.1) is 0 Å². The van der Waals surface area contributed by atoms with Crippen molar-refractivity contribution >= 4 is 23.6 Å². The number of nitrogens with one attached hydrogen (secondary N) is 1. The van der Waals surface area contributed by atoms with Gasteiger partial charge in [-0.2, -0.15) is 0 Å². The Labute approximate surface area is 152 Å². The van der Waals surface area contributed by atoms with Crippen molar-refractivity contribution in [2.75, 3.05) is 6.54 Å². The predicted molar refractivity (Wildman–Crippen MR) is 102 cm³/mol. The number of allylic oxidation sites excluding steroid dienone is 2. The molecule has 0 saturated heterocycles. The fourth-order valence-electron chi connectivity index (χ4n) is 3.19. The molecular formula is C21H21N3O2. The fraction of sp³-hybridized carbons (Fsp3) is 0.286. The first-order chi connectivity index (χ1) is 12.7. The van der Waals surface area contributed by atoms with Crippen molar-refractivity contribution in [2.45, 2.75) is 31.8 Å². The van der Waals surface area contributed by atoms with Crippen molar-refractivity contribution in [2.24, 2.45) is 4.99 Å². The molecule has 1 fully saturated rings. The van der Waals surface area contributed by atoms with E-state index in [4.69, 9.17) is 0 Å². The van der Waals surface area contributed by atoms with Crippen LogP contribution in [0.4, 0.5) is 0 Å². The molecule has 4 rings (SSSR count). The lowest BCUT2D eigenvalue weighted by molar-refractivity contribution is -0.128. The summed E-state index contributed by atoms with van der Waals surface area (Å²) in [5, 5.41) is 3.02. The second kappa shape index (κ2) is 6.75. The zero-order valence-corrected chi connectivity index (χ0v) is 14.7. The van der Waals surface area contributed by atoms with Crippen molar-refractivity contribution in [3.05, 3.63) is 65.4 Å². The molecule has 132 valence electrons. The summed E-state index contributed by atoms with van der Waals surface area (Å²) >= 11 is 0. The van der Waals surface area contributed by atoms with Gasteiger partial charge in [0, 0.05) is 36.1 Å². The molecule has 1 aliphatic carbocycles. The van der Waals surface area contributed by atoms with Crippen molar-refractivity contribution < 1.29 is 9.59 Å². The Morgan fingerprint density at radius 1 is 1.38 bits per heavy atom. The number of fused-ring (bicyclic) bond motifs is 1. The Balaban J connectivity index is 1.68. The predicted octanol–water partition coefficient (Wildman–Crippen LogP) is 2.72. The van der Waals surface area contributed by atoms with Crippen molar-refractivity contribution in [3.63, 3.8) is 0 Å². The minimum absolute atomic E-state index is 0.0190. The Morgan fingerprint density at radius 2 is 2.23 bits per heavy atom. The van der Waals surface area contributed by atoms with E-state index in [1.165, 1.54) is 0 Å². The zero-order valence-electron chi connectivity index (χ0n) is 14.7. The fourth-order valence-corrected chi connectivity index (χ4v) is 3.19. The van der Waals surface area contributed by atoms with Gasteiger partial charge in [0.05, 0.1) is 0 Å². The summed E-state index contributed by atoms with van der Waals surface area (Å²) in [6.45, 7) is 2.44. The first kappa shape index (κ1) is 16.5. The Kier molecular flexibility index (Phi) is 4.29. The summed E-state index contributed by atoms with van der Waals surface area (Å²) in [6, 6.07) is 7.41. The average molecular weight is 347 g/mol. The third-order valence-electron chi connectivity index (χ3n) is 4.78. The highest BCUT2D eigenvalue weighted by Gasteiger charge is 2.35. The number of aliphatic imine (C=N–C) groups is 1. The Hall–Kier alpha value is -2.95. The van der Waals surface area contributed by atoms with E-state index in [2.05, 4.69) is 10.3 Å². The van der Waals surface area contributed by atoms with Crippen molar-refractivity contribution in [1.82, 2.24) is 10.2 Å². The lowest BCUT2D eigenvalue weighted by atomic mass is 9.90. The lowest BCUT2D eigenvalue weighted by Crippen LogP contribution is -2.39. The van der Waals surface area contributed by atoms with Gasteiger partial charge in [-0.15, -0.1) is 0 Å². The number of carbonyl (C=O) groups excluding carboxylic acids is 2. The van der Waals surface area contributed by atoms with Crippen LogP contribution in [-0.4, -0.2) is 41.6 Å². The molecule has 26 heavy (non-hydrogen) atoms. The van der Waals surface area contributed by atoms with E-state index < -0.39 is 6.04 Å². The normalized spacial score (nSPS) is 21.7. The van der Waals surface area contributed by atoms with Crippen LogP contribution >= 0.6 is 0 Å². The highest BCUT2D eigenvalue weighted by molar-refractivity contribution is 6.04. The second-order valence-corrected chi connectivity index (χ2v) is 6.75. The van der Waals surface area contributed by atoms with Gasteiger partial charge >= 0.3 is 0 Å². The van der Waals surface area contributed by atoms with Crippen LogP contribution in [0.5, 0.6) is 0 Å². The van der Waals surface area contributed by atoms with Gasteiger partial charge in [-0.3, -0.25) is 14.6 Å². The third-order valence-corrected chi connectivity index (χ3v) is 4.78. The van der Waals surface area contributed by atoms with Gasteiger partial charge in [0.1, 0.15) is 0 Å². The Morgan fingerprint density at radius 3 is 3.00 bits per heavy atom. The van der Waals surface area contributed by atoms with Gasteiger partial charge in [-0.05, 0) is 49.1 Å². The van der Waals surface area contributed by atoms with E-state index in [1.54, 1.807) is 11.1 Å². The SMILES string of the molecule is CC=CCN1C=C(c2cccc(C(=O)NC3CC3)c2)C2=CC=NC2C1=O. The quantitative estimate of drug-likeness (QED) is 0.833. The molecule has 1 aromatic rings. The van der Waals surface area contributed by atoms with Crippen LogP contribution < -0.4 is 5.32 Å². The minimum Gasteiger partial charge on any atom is -0.349 e. The number of nitrogens with zero attached hydrogens (tertiary/aromatic N) is 2. The van der Waals surface area contributed by atoms with Crippen molar-refractivity contribution in [3.8, 4) is 0 Å². The summed E-state index contributed by atoms with van der Waals surface area (Å²) in [4.78, 5) is 31.0. The summed E-state index contributed by atoms with van der Waals surface area (Å²) in [5.74, 6) is -0.0599. The summed E-state index contributed by atoms with van der Waals surface area (Å²) < 4.78 is 0. The molecule has 1 unspecified atom stereocenters. The molecule has 0 aromatic heterocycles. The first-order valence-electron chi connectivity index (χ1n) is 8.96. The largest absolute Gasteiger partial charge is 0.349 e. The first-order valence-corrected chi connectivity index (χ1v) is 8.96. The van der Waals surface area contributed by atoms with E-state index in [-0.39, 0.29) is 11.8 Å². The monoisotopic (exact) mass is 347 g/mol. The average Bonchev–Trinajstić information content (AvgIpc) is 3.33. The minimum atomic E-state index is -0.482. The Bertz CT molecular complexity index is 875. The molecule has 2 amide bonds. The molecule has 1 aromatic carbocycles. The van der Waals surface area contributed by atoms with E-state index in [9.17, 15) is 9.59 Å². The molecule has 1 saturated carbocycles. The van der Waals surface area contributed by atoms with E-state index in [1.807, 2.05) is 55.6 Å². The molecule has 1 atom stereocenters. The maximum absolute atomic E-state index is 12.6.